The van der Waals surface area contributed by atoms with Gasteiger partial charge in [0.2, 0.25) is 0 Å². The Morgan fingerprint density at radius 3 is 2.75 bits per heavy atom. The molecule has 2 aromatic heterocycles. The summed E-state index contributed by atoms with van der Waals surface area (Å²) >= 11 is 9.00. The Hall–Kier alpha value is -2.48. The highest BCUT2D eigenvalue weighted by Gasteiger charge is 2.33. The van der Waals surface area contributed by atoms with Crippen LogP contribution in [0.2, 0.25) is 5.02 Å². The van der Waals surface area contributed by atoms with Gasteiger partial charge in [-0.05, 0) is 36.1 Å². The Morgan fingerprint density at radius 1 is 1.29 bits per heavy atom. The van der Waals surface area contributed by atoms with E-state index in [-0.39, 0.29) is 5.56 Å². The zero-order chi connectivity index (χ0) is 19.8. The average Bonchev–Trinajstić information content (AvgIpc) is 3.31. The number of hydrogen-bond acceptors (Lipinski definition) is 6. The number of benzene rings is 1. The number of ether oxygens (including phenoxy) is 1. The third-order valence-corrected chi connectivity index (χ3v) is 6.68. The second kappa shape index (κ2) is 7.50. The zero-order valence-electron chi connectivity index (χ0n) is 15.0. The molecule has 28 heavy (non-hydrogen) atoms. The molecule has 0 N–H and O–H groups in total. The topological polar surface area (TPSA) is 60.7 Å². The molecule has 1 aliphatic heterocycles. The molecule has 0 fully saturated rings. The van der Waals surface area contributed by atoms with Crippen molar-refractivity contribution in [3.05, 3.63) is 88.2 Å². The minimum atomic E-state index is -0.558. The quantitative estimate of drug-likeness (QED) is 0.600. The third-order valence-electron chi connectivity index (χ3n) is 4.43. The number of methoxy groups -OCH3 is 1. The molecule has 0 saturated heterocycles. The van der Waals surface area contributed by atoms with Crippen LogP contribution in [-0.4, -0.2) is 17.6 Å². The van der Waals surface area contributed by atoms with Crippen molar-refractivity contribution in [2.24, 2.45) is 4.99 Å². The molecule has 0 bridgehead atoms. The highest BCUT2D eigenvalue weighted by molar-refractivity contribution is 7.10. The summed E-state index contributed by atoms with van der Waals surface area (Å²) in [6.07, 6.45) is 1.76. The number of thiophene rings is 1. The number of carbonyl (C=O) groups excluding carboxylic acids is 1. The summed E-state index contributed by atoms with van der Waals surface area (Å²) in [5.74, 6) is -0.486. The Balaban J connectivity index is 1.99. The first kappa shape index (κ1) is 18.9. The van der Waals surface area contributed by atoms with E-state index in [0.29, 0.717) is 25.6 Å². The van der Waals surface area contributed by atoms with Crippen molar-refractivity contribution < 1.29 is 9.53 Å². The van der Waals surface area contributed by atoms with E-state index in [1.165, 1.54) is 29.8 Å². The SMILES string of the molecule is COC(=O)C1=C(C)N=c2s/c(=C\c3ccccc3Cl)c(=O)n2C1c1cccs1. The number of esters is 1. The number of thiazole rings is 1. The van der Waals surface area contributed by atoms with Crippen molar-refractivity contribution in [2.75, 3.05) is 7.11 Å². The number of allylic oxidation sites excluding steroid dienone is 1. The molecule has 8 heteroatoms. The monoisotopic (exact) mass is 430 g/mol. The normalized spacial score (nSPS) is 16.7. The fourth-order valence-corrected chi connectivity index (χ4v) is 5.19. The van der Waals surface area contributed by atoms with E-state index in [2.05, 4.69) is 4.99 Å². The third kappa shape index (κ3) is 3.15. The highest BCUT2D eigenvalue weighted by atomic mass is 35.5. The Bertz CT molecular complexity index is 1270. The van der Waals surface area contributed by atoms with E-state index in [0.717, 1.165) is 10.4 Å². The first-order chi connectivity index (χ1) is 13.5. The van der Waals surface area contributed by atoms with Gasteiger partial charge >= 0.3 is 5.97 Å². The summed E-state index contributed by atoms with van der Waals surface area (Å²) in [5.41, 5.74) is 1.47. The molecule has 0 amide bonds. The lowest BCUT2D eigenvalue weighted by Gasteiger charge is -2.22. The van der Waals surface area contributed by atoms with E-state index in [1.54, 1.807) is 23.6 Å². The summed E-state index contributed by atoms with van der Waals surface area (Å²) in [6, 6.07) is 10.6. The van der Waals surface area contributed by atoms with Gasteiger partial charge in [-0.15, -0.1) is 11.3 Å². The number of aromatic nitrogens is 1. The van der Waals surface area contributed by atoms with E-state index in [9.17, 15) is 9.59 Å². The first-order valence-electron chi connectivity index (χ1n) is 8.40. The van der Waals surface area contributed by atoms with Crippen molar-refractivity contribution in [2.45, 2.75) is 13.0 Å². The summed E-state index contributed by atoms with van der Waals surface area (Å²) in [5, 5.41) is 2.48. The van der Waals surface area contributed by atoms with Gasteiger partial charge in [0.15, 0.2) is 4.80 Å². The lowest BCUT2D eigenvalue weighted by atomic mass is 10.0. The predicted octanol–water partition coefficient (Wildman–Crippen LogP) is 3.12. The zero-order valence-corrected chi connectivity index (χ0v) is 17.4. The van der Waals surface area contributed by atoms with Gasteiger partial charge in [-0.3, -0.25) is 9.36 Å². The predicted molar refractivity (Wildman–Crippen MR) is 112 cm³/mol. The molecule has 4 rings (SSSR count). The molecule has 1 aliphatic rings. The molecule has 0 radical (unpaired) electrons. The summed E-state index contributed by atoms with van der Waals surface area (Å²) < 4.78 is 7.05. The standard InChI is InChI=1S/C20H15ClN2O3S2/c1-11-16(19(25)26-2)17(14-8-5-9-27-14)23-18(24)15(28-20(23)22-11)10-12-6-3-4-7-13(12)21/h3-10,17H,1-2H3/b15-10-. The van der Waals surface area contributed by atoms with Crippen LogP contribution in [0.15, 0.2) is 62.8 Å². The van der Waals surface area contributed by atoms with Gasteiger partial charge in [0.25, 0.3) is 5.56 Å². The maximum atomic E-state index is 13.3. The maximum Gasteiger partial charge on any atom is 0.338 e. The van der Waals surface area contributed by atoms with Crippen molar-refractivity contribution in [1.82, 2.24) is 4.57 Å². The van der Waals surface area contributed by atoms with Gasteiger partial charge in [0.05, 0.1) is 22.9 Å². The second-order valence-corrected chi connectivity index (χ2v) is 8.51. The molecule has 1 atom stereocenters. The fourth-order valence-electron chi connectivity index (χ4n) is 3.14. The number of nitrogens with zero attached hydrogens (tertiary/aromatic N) is 2. The second-order valence-electron chi connectivity index (χ2n) is 6.11. The molecule has 142 valence electrons. The molecule has 1 unspecified atom stereocenters. The highest BCUT2D eigenvalue weighted by Crippen LogP contribution is 2.32. The van der Waals surface area contributed by atoms with Crippen LogP contribution in [0.4, 0.5) is 0 Å². The summed E-state index contributed by atoms with van der Waals surface area (Å²) in [6.45, 7) is 1.76. The molecule has 0 aliphatic carbocycles. The number of halogens is 1. The van der Waals surface area contributed by atoms with E-state index >= 15 is 0 Å². The minimum Gasteiger partial charge on any atom is -0.466 e. The lowest BCUT2D eigenvalue weighted by Crippen LogP contribution is -2.39. The number of hydrogen-bond donors (Lipinski definition) is 0. The van der Waals surface area contributed by atoms with Gasteiger partial charge in [-0.25, -0.2) is 9.79 Å². The summed E-state index contributed by atoms with van der Waals surface area (Å²) in [4.78, 5) is 31.7. The van der Waals surface area contributed by atoms with Gasteiger partial charge < -0.3 is 4.74 Å². The largest absolute Gasteiger partial charge is 0.466 e. The van der Waals surface area contributed by atoms with E-state index in [1.807, 2.05) is 35.7 Å². The first-order valence-corrected chi connectivity index (χ1v) is 10.5. The molecule has 3 aromatic rings. The molecule has 0 saturated carbocycles. The van der Waals surface area contributed by atoms with Crippen molar-refractivity contribution >= 4 is 46.3 Å². The van der Waals surface area contributed by atoms with Gasteiger partial charge in [-0.1, -0.05) is 47.2 Å². The number of fused-ring (bicyclic) bond motifs is 1. The van der Waals surface area contributed by atoms with E-state index in [4.69, 9.17) is 16.3 Å². The molecular weight excluding hydrogens is 416 g/mol. The Labute approximate surface area is 173 Å². The van der Waals surface area contributed by atoms with Crippen LogP contribution in [0.1, 0.15) is 23.4 Å². The molecule has 1 aromatic carbocycles. The van der Waals surface area contributed by atoms with Crippen LogP contribution in [0.5, 0.6) is 0 Å². The smallest absolute Gasteiger partial charge is 0.338 e. The molecule has 0 spiro atoms. The number of rotatable bonds is 3. The Morgan fingerprint density at radius 2 is 2.07 bits per heavy atom. The van der Waals surface area contributed by atoms with Crippen LogP contribution in [-0.2, 0) is 9.53 Å². The van der Waals surface area contributed by atoms with Gasteiger partial charge in [0, 0.05) is 9.90 Å². The molecule has 3 heterocycles. The van der Waals surface area contributed by atoms with Crippen molar-refractivity contribution in [1.29, 1.82) is 0 Å². The van der Waals surface area contributed by atoms with E-state index < -0.39 is 12.0 Å². The molecule has 5 nitrogen and oxygen atoms in total. The maximum absolute atomic E-state index is 13.3. The van der Waals surface area contributed by atoms with Crippen LogP contribution in [0, 0.1) is 0 Å². The van der Waals surface area contributed by atoms with Gasteiger partial charge in [-0.2, -0.15) is 0 Å². The average molecular weight is 431 g/mol. The van der Waals surface area contributed by atoms with Crippen LogP contribution in [0.3, 0.4) is 0 Å². The Kier molecular flexibility index (Phi) is 5.05. The minimum absolute atomic E-state index is 0.212. The van der Waals surface area contributed by atoms with Crippen LogP contribution in [0.25, 0.3) is 6.08 Å². The van der Waals surface area contributed by atoms with Crippen molar-refractivity contribution in [3.8, 4) is 0 Å². The number of carbonyl (C=O) groups is 1. The molecular formula is C20H15ClN2O3S2. The lowest BCUT2D eigenvalue weighted by molar-refractivity contribution is -0.136. The summed E-state index contributed by atoms with van der Waals surface area (Å²) in [7, 11) is 1.33. The van der Waals surface area contributed by atoms with Crippen LogP contribution >= 0.6 is 34.3 Å². The van der Waals surface area contributed by atoms with Gasteiger partial charge in [0.1, 0.15) is 6.04 Å². The fraction of sp³-hybridized carbons (Fsp3) is 0.150. The van der Waals surface area contributed by atoms with Crippen molar-refractivity contribution in [3.63, 3.8) is 0 Å². The van der Waals surface area contributed by atoms with Crippen LogP contribution < -0.4 is 14.9 Å².